The van der Waals surface area contributed by atoms with Gasteiger partial charge < -0.3 is 5.32 Å². The second-order valence-electron chi connectivity index (χ2n) is 7.54. The molecule has 172 valence electrons. The van der Waals surface area contributed by atoms with Crippen LogP contribution in [-0.2, 0) is 9.59 Å². The van der Waals surface area contributed by atoms with Crippen LogP contribution in [0.25, 0.3) is 11.8 Å². The fourth-order valence-electron chi connectivity index (χ4n) is 3.47. The molecule has 0 unspecified atom stereocenters. The molecule has 2 amide bonds. The van der Waals surface area contributed by atoms with Gasteiger partial charge in [0.2, 0.25) is 11.8 Å². The fourth-order valence-corrected chi connectivity index (χ4v) is 4.32. The number of thiazole rings is 1. The number of rotatable bonds is 6. The molecule has 4 aromatic rings. The number of carbonyl (C=O) groups excluding carboxylic acids is 2. The van der Waals surface area contributed by atoms with Gasteiger partial charge in [-0.2, -0.15) is 5.10 Å². The molecule has 0 saturated heterocycles. The molecular formula is C25H22FN5O2S. The lowest BCUT2D eigenvalue weighted by atomic mass is 10.2. The minimum absolute atomic E-state index is 0.124. The van der Waals surface area contributed by atoms with Crippen molar-refractivity contribution in [3.05, 3.63) is 89.0 Å². The topological polar surface area (TPSA) is 80.1 Å². The van der Waals surface area contributed by atoms with Crippen molar-refractivity contribution >= 4 is 45.7 Å². The number of benzene rings is 2. The van der Waals surface area contributed by atoms with E-state index in [0.29, 0.717) is 16.5 Å². The molecule has 34 heavy (non-hydrogen) atoms. The highest BCUT2D eigenvalue weighted by Gasteiger charge is 2.20. The number of carbonyl (C=O) groups is 2. The Balaban J connectivity index is 1.52. The summed E-state index contributed by atoms with van der Waals surface area (Å²) in [7, 11) is 0. The Hall–Kier alpha value is -4.11. The number of aryl methyl sites for hydroxylation is 2. The summed E-state index contributed by atoms with van der Waals surface area (Å²) >= 11 is 1.18. The molecule has 1 N–H and O–H groups in total. The molecule has 9 heteroatoms. The third-order valence-electron chi connectivity index (χ3n) is 4.91. The van der Waals surface area contributed by atoms with E-state index in [1.165, 1.54) is 41.4 Å². The van der Waals surface area contributed by atoms with Crippen LogP contribution in [0.3, 0.4) is 0 Å². The first-order valence-corrected chi connectivity index (χ1v) is 11.3. The van der Waals surface area contributed by atoms with Crippen LogP contribution < -0.4 is 10.2 Å². The number of halogens is 1. The van der Waals surface area contributed by atoms with E-state index in [-0.39, 0.29) is 17.5 Å². The molecule has 4 rings (SSSR count). The number of aromatic nitrogens is 3. The van der Waals surface area contributed by atoms with E-state index in [4.69, 9.17) is 0 Å². The predicted molar refractivity (Wildman–Crippen MR) is 132 cm³/mol. The highest BCUT2D eigenvalue weighted by Crippen LogP contribution is 2.31. The monoisotopic (exact) mass is 475 g/mol. The number of para-hydroxylation sites is 3. The molecular weight excluding hydrogens is 453 g/mol. The average Bonchev–Trinajstić information content (AvgIpc) is 3.39. The van der Waals surface area contributed by atoms with E-state index >= 15 is 0 Å². The van der Waals surface area contributed by atoms with Crippen molar-refractivity contribution in [2.24, 2.45) is 0 Å². The second kappa shape index (κ2) is 9.80. The summed E-state index contributed by atoms with van der Waals surface area (Å²) in [5.74, 6) is -1.24. The maximum atomic E-state index is 14.2. The minimum Gasteiger partial charge on any atom is -0.321 e. The Kier molecular flexibility index (Phi) is 6.65. The fraction of sp³-hybridized carbons (Fsp3) is 0.120. The van der Waals surface area contributed by atoms with Gasteiger partial charge in [-0.3, -0.25) is 14.5 Å². The van der Waals surface area contributed by atoms with Crippen molar-refractivity contribution in [2.75, 3.05) is 10.2 Å². The molecule has 0 saturated carbocycles. The molecule has 0 atom stereocenters. The van der Waals surface area contributed by atoms with Crippen LogP contribution in [0.1, 0.15) is 24.0 Å². The number of nitrogens with zero attached hydrogens (tertiary/aromatic N) is 4. The summed E-state index contributed by atoms with van der Waals surface area (Å²) < 4.78 is 16.0. The molecule has 0 aliphatic heterocycles. The van der Waals surface area contributed by atoms with E-state index in [1.807, 2.05) is 38.1 Å². The van der Waals surface area contributed by atoms with Gasteiger partial charge in [-0.25, -0.2) is 14.1 Å². The van der Waals surface area contributed by atoms with E-state index in [1.54, 1.807) is 34.3 Å². The normalized spacial score (nSPS) is 11.1. The summed E-state index contributed by atoms with van der Waals surface area (Å²) in [5.41, 5.74) is 3.81. The van der Waals surface area contributed by atoms with Gasteiger partial charge in [0.15, 0.2) is 5.13 Å². The summed E-state index contributed by atoms with van der Waals surface area (Å²) in [6.07, 6.45) is 2.90. The molecule has 2 aromatic heterocycles. The van der Waals surface area contributed by atoms with Crippen molar-refractivity contribution in [3.8, 4) is 5.69 Å². The second-order valence-corrected chi connectivity index (χ2v) is 8.38. The van der Waals surface area contributed by atoms with Gasteiger partial charge >= 0.3 is 0 Å². The summed E-state index contributed by atoms with van der Waals surface area (Å²) in [5, 5.41) is 9.36. The zero-order valence-corrected chi connectivity index (χ0v) is 19.6. The lowest BCUT2D eigenvalue weighted by Gasteiger charge is -2.18. The quantitative estimate of drug-likeness (QED) is 0.378. The maximum Gasteiger partial charge on any atom is 0.248 e. The molecule has 0 spiro atoms. The average molecular weight is 476 g/mol. The Morgan fingerprint density at radius 3 is 2.56 bits per heavy atom. The SMILES string of the molecule is CC(=O)N(c1nc(/C=C/C(=O)Nc2ccccc2-n2nc(C)cc2C)cs1)c1ccccc1F. The van der Waals surface area contributed by atoms with E-state index in [2.05, 4.69) is 15.4 Å². The Labute approximate surface area is 200 Å². The third-order valence-corrected chi connectivity index (χ3v) is 5.76. The number of nitrogens with one attached hydrogen (secondary N) is 1. The molecule has 0 bridgehead atoms. The Bertz CT molecular complexity index is 1390. The highest BCUT2D eigenvalue weighted by atomic mass is 32.1. The maximum absolute atomic E-state index is 14.2. The lowest BCUT2D eigenvalue weighted by molar-refractivity contribution is -0.116. The first-order chi connectivity index (χ1) is 16.3. The molecule has 0 aliphatic carbocycles. The number of hydrogen-bond acceptors (Lipinski definition) is 5. The first-order valence-electron chi connectivity index (χ1n) is 10.5. The third kappa shape index (κ3) is 4.94. The number of anilines is 3. The summed E-state index contributed by atoms with van der Waals surface area (Å²) in [4.78, 5) is 30.4. The van der Waals surface area contributed by atoms with Crippen molar-refractivity contribution in [1.29, 1.82) is 0 Å². The molecule has 2 aromatic carbocycles. The van der Waals surface area contributed by atoms with E-state index in [9.17, 15) is 14.0 Å². The van der Waals surface area contributed by atoms with Crippen LogP contribution in [0.2, 0.25) is 0 Å². The predicted octanol–water partition coefficient (Wildman–Crippen LogP) is 5.42. The van der Waals surface area contributed by atoms with Crippen molar-refractivity contribution < 1.29 is 14.0 Å². The zero-order chi connectivity index (χ0) is 24.2. The highest BCUT2D eigenvalue weighted by molar-refractivity contribution is 7.14. The zero-order valence-electron chi connectivity index (χ0n) is 18.8. The molecule has 0 fully saturated rings. The molecule has 7 nitrogen and oxygen atoms in total. The van der Waals surface area contributed by atoms with Crippen LogP contribution in [-0.4, -0.2) is 26.6 Å². The van der Waals surface area contributed by atoms with Crippen LogP contribution in [0.5, 0.6) is 0 Å². The summed E-state index contributed by atoms with van der Waals surface area (Å²) in [6, 6.07) is 15.4. The van der Waals surface area contributed by atoms with Crippen LogP contribution >= 0.6 is 11.3 Å². The van der Waals surface area contributed by atoms with Gasteiger partial charge in [-0.1, -0.05) is 24.3 Å². The molecule has 0 radical (unpaired) electrons. The van der Waals surface area contributed by atoms with E-state index < -0.39 is 5.82 Å². The van der Waals surface area contributed by atoms with Crippen LogP contribution in [0, 0.1) is 19.7 Å². The standard InChI is InChI=1S/C25H22FN5O2S/c1-16-14-17(2)31(29-16)23-11-7-5-9-21(23)28-24(33)13-12-19-15-34-25(27-19)30(18(3)32)22-10-6-4-8-20(22)26/h4-15H,1-3H3,(H,28,33)/b13-12+. The molecule has 0 aliphatic rings. The van der Waals surface area contributed by atoms with Gasteiger partial charge in [-0.15, -0.1) is 11.3 Å². The van der Waals surface area contributed by atoms with Crippen LogP contribution in [0.4, 0.5) is 20.9 Å². The van der Waals surface area contributed by atoms with Crippen LogP contribution in [0.15, 0.2) is 66.1 Å². The number of amides is 2. The lowest BCUT2D eigenvalue weighted by Crippen LogP contribution is -2.23. The number of hydrogen-bond donors (Lipinski definition) is 1. The first kappa shape index (κ1) is 23.1. The van der Waals surface area contributed by atoms with Gasteiger partial charge in [-0.05, 0) is 50.3 Å². The van der Waals surface area contributed by atoms with Gasteiger partial charge in [0.1, 0.15) is 5.82 Å². The summed E-state index contributed by atoms with van der Waals surface area (Å²) in [6.45, 7) is 5.20. The van der Waals surface area contributed by atoms with Gasteiger partial charge in [0, 0.05) is 24.1 Å². The van der Waals surface area contributed by atoms with Gasteiger partial charge in [0.25, 0.3) is 0 Å². The van der Waals surface area contributed by atoms with Crippen molar-refractivity contribution in [3.63, 3.8) is 0 Å². The largest absolute Gasteiger partial charge is 0.321 e. The smallest absolute Gasteiger partial charge is 0.248 e. The van der Waals surface area contributed by atoms with Gasteiger partial charge in [0.05, 0.1) is 28.5 Å². The van der Waals surface area contributed by atoms with Crippen molar-refractivity contribution in [2.45, 2.75) is 20.8 Å². The Morgan fingerprint density at radius 2 is 1.85 bits per heavy atom. The van der Waals surface area contributed by atoms with Crippen molar-refractivity contribution in [1.82, 2.24) is 14.8 Å². The van der Waals surface area contributed by atoms with E-state index in [0.717, 1.165) is 17.1 Å². The molecule has 2 heterocycles. The minimum atomic E-state index is -0.523. The Morgan fingerprint density at radius 1 is 1.12 bits per heavy atom.